The third kappa shape index (κ3) is 5.20. The molecule has 0 amide bonds. The number of hydrogen-bond donors (Lipinski definition) is 1. The summed E-state index contributed by atoms with van der Waals surface area (Å²) in [7, 11) is 2.07. The van der Waals surface area contributed by atoms with Crippen molar-refractivity contribution in [3.63, 3.8) is 0 Å². The van der Waals surface area contributed by atoms with Crippen molar-refractivity contribution in [1.82, 2.24) is 10.2 Å². The monoisotopic (exact) mass is 236 g/mol. The second-order valence-electron chi connectivity index (χ2n) is 4.88. The highest BCUT2D eigenvalue weighted by molar-refractivity contribution is 5.16. The van der Waals surface area contributed by atoms with Gasteiger partial charge in [0.05, 0.1) is 12.8 Å². The lowest BCUT2D eigenvalue weighted by Crippen LogP contribution is -2.21. The molecule has 0 aliphatic carbocycles. The predicted molar refractivity (Wildman–Crippen MR) is 71.8 cm³/mol. The molecule has 1 N–H and O–H groups in total. The van der Waals surface area contributed by atoms with Gasteiger partial charge in [-0.05, 0) is 25.6 Å². The average Bonchev–Trinajstić information content (AvgIpc) is 2.65. The maximum atomic E-state index is 5.52. The van der Waals surface area contributed by atoms with Crippen LogP contribution in [0.3, 0.4) is 0 Å². The number of furan rings is 1. The molecule has 0 aliphatic heterocycles. The molecule has 0 fully saturated rings. The first-order chi connectivity index (χ1) is 8.13. The van der Waals surface area contributed by atoms with Gasteiger partial charge in [0.1, 0.15) is 5.76 Å². The molecule has 1 aromatic rings. The minimum Gasteiger partial charge on any atom is -0.468 e. The molecule has 3 nitrogen and oxygen atoms in total. The molecule has 3 heteroatoms. The van der Waals surface area contributed by atoms with Crippen molar-refractivity contribution in [2.24, 2.45) is 5.92 Å². The molecule has 0 bridgehead atoms. The summed E-state index contributed by atoms with van der Waals surface area (Å²) in [6, 6.07) is 2.05. The Hall–Kier alpha value is -1.06. The first kappa shape index (κ1) is 14.0. The van der Waals surface area contributed by atoms with Gasteiger partial charge in [-0.25, -0.2) is 0 Å². The van der Waals surface area contributed by atoms with E-state index in [0.717, 1.165) is 31.9 Å². The Morgan fingerprint density at radius 3 is 2.94 bits per heavy atom. The molecule has 0 radical (unpaired) electrons. The summed E-state index contributed by atoms with van der Waals surface area (Å²) in [6.45, 7) is 11.8. The van der Waals surface area contributed by atoms with E-state index < -0.39 is 0 Å². The Labute approximate surface area is 104 Å². The topological polar surface area (TPSA) is 28.4 Å². The van der Waals surface area contributed by atoms with E-state index in [-0.39, 0.29) is 0 Å². The predicted octanol–water partition coefficient (Wildman–Crippen LogP) is 2.64. The number of likely N-dealkylation sites (N-methyl/N-ethyl adjacent to an activating group) is 1. The van der Waals surface area contributed by atoms with E-state index in [9.17, 15) is 0 Å². The molecule has 0 atom stereocenters. The molecule has 0 saturated heterocycles. The van der Waals surface area contributed by atoms with Crippen molar-refractivity contribution < 1.29 is 4.42 Å². The first-order valence-electron chi connectivity index (χ1n) is 6.19. The third-order valence-electron chi connectivity index (χ3n) is 2.56. The van der Waals surface area contributed by atoms with Crippen molar-refractivity contribution >= 4 is 0 Å². The standard InChI is InChI=1S/C14H24N2O/c1-5-7-16(4)11-14-13(6-8-17-14)10-15-9-12(2)3/h5-6,8,12,15H,1,7,9-11H2,2-4H3. The highest BCUT2D eigenvalue weighted by Crippen LogP contribution is 2.12. The largest absolute Gasteiger partial charge is 0.468 e. The van der Waals surface area contributed by atoms with Crippen LogP contribution in [0.4, 0.5) is 0 Å². The van der Waals surface area contributed by atoms with Crippen LogP contribution >= 0.6 is 0 Å². The summed E-state index contributed by atoms with van der Waals surface area (Å²) in [5.41, 5.74) is 1.25. The van der Waals surface area contributed by atoms with Gasteiger partial charge < -0.3 is 9.73 Å². The van der Waals surface area contributed by atoms with E-state index in [1.807, 2.05) is 12.1 Å². The zero-order chi connectivity index (χ0) is 12.7. The van der Waals surface area contributed by atoms with E-state index in [1.165, 1.54) is 5.56 Å². The van der Waals surface area contributed by atoms with Crippen molar-refractivity contribution in [1.29, 1.82) is 0 Å². The van der Waals surface area contributed by atoms with Gasteiger partial charge in [0.2, 0.25) is 0 Å². The second-order valence-corrected chi connectivity index (χ2v) is 4.88. The molecule has 17 heavy (non-hydrogen) atoms. The summed E-state index contributed by atoms with van der Waals surface area (Å²) in [4.78, 5) is 2.18. The van der Waals surface area contributed by atoms with Crippen molar-refractivity contribution in [2.45, 2.75) is 26.9 Å². The molecule has 0 spiro atoms. The van der Waals surface area contributed by atoms with E-state index >= 15 is 0 Å². The summed E-state index contributed by atoms with van der Waals surface area (Å²) in [5.74, 6) is 1.72. The van der Waals surface area contributed by atoms with Crippen LogP contribution in [-0.2, 0) is 13.1 Å². The highest BCUT2D eigenvalue weighted by Gasteiger charge is 2.08. The van der Waals surface area contributed by atoms with Gasteiger partial charge in [-0.15, -0.1) is 6.58 Å². The molecular formula is C14H24N2O. The van der Waals surface area contributed by atoms with Crippen LogP contribution < -0.4 is 5.32 Å². The molecule has 0 saturated carbocycles. The molecule has 1 aromatic heterocycles. The number of rotatable bonds is 8. The quantitative estimate of drug-likeness (QED) is 0.703. The molecule has 0 aromatic carbocycles. The molecule has 1 heterocycles. The maximum Gasteiger partial charge on any atom is 0.122 e. The van der Waals surface area contributed by atoms with E-state index in [4.69, 9.17) is 4.42 Å². The van der Waals surface area contributed by atoms with Gasteiger partial charge in [-0.3, -0.25) is 4.90 Å². The zero-order valence-corrected chi connectivity index (χ0v) is 11.2. The fraction of sp³-hybridized carbons (Fsp3) is 0.571. The van der Waals surface area contributed by atoms with E-state index in [1.54, 1.807) is 6.26 Å². The fourth-order valence-electron chi connectivity index (χ4n) is 1.69. The Morgan fingerprint density at radius 2 is 2.29 bits per heavy atom. The van der Waals surface area contributed by atoms with Gasteiger partial charge in [-0.1, -0.05) is 19.9 Å². The summed E-state index contributed by atoms with van der Waals surface area (Å²) in [6.07, 6.45) is 3.67. The minimum atomic E-state index is 0.675. The van der Waals surface area contributed by atoms with Crippen molar-refractivity contribution in [3.05, 3.63) is 36.3 Å². The molecule has 0 aliphatic rings. The van der Waals surface area contributed by atoms with E-state index in [2.05, 4.69) is 37.7 Å². The Balaban J connectivity index is 2.45. The Morgan fingerprint density at radius 1 is 1.53 bits per heavy atom. The first-order valence-corrected chi connectivity index (χ1v) is 6.19. The Bertz CT molecular complexity index is 331. The maximum absolute atomic E-state index is 5.52. The van der Waals surface area contributed by atoms with Crippen LogP contribution in [0.15, 0.2) is 29.4 Å². The van der Waals surface area contributed by atoms with Crippen LogP contribution in [-0.4, -0.2) is 25.0 Å². The van der Waals surface area contributed by atoms with Crippen LogP contribution in [0.1, 0.15) is 25.2 Å². The van der Waals surface area contributed by atoms with Crippen LogP contribution in [0, 0.1) is 5.92 Å². The normalized spacial score (nSPS) is 11.4. The number of nitrogens with zero attached hydrogens (tertiary/aromatic N) is 1. The van der Waals surface area contributed by atoms with Crippen molar-refractivity contribution in [2.75, 3.05) is 20.1 Å². The third-order valence-corrected chi connectivity index (χ3v) is 2.56. The molecule has 96 valence electrons. The molecular weight excluding hydrogens is 212 g/mol. The Kier molecular flexibility index (Phi) is 6.01. The lowest BCUT2D eigenvalue weighted by Gasteiger charge is -2.14. The van der Waals surface area contributed by atoms with Crippen molar-refractivity contribution in [3.8, 4) is 0 Å². The van der Waals surface area contributed by atoms with Crippen LogP contribution in [0.25, 0.3) is 0 Å². The number of hydrogen-bond acceptors (Lipinski definition) is 3. The summed E-state index contributed by atoms with van der Waals surface area (Å²) >= 11 is 0. The van der Waals surface area contributed by atoms with Gasteiger partial charge >= 0.3 is 0 Å². The lowest BCUT2D eigenvalue weighted by molar-refractivity contribution is 0.320. The van der Waals surface area contributed by atoms with Gasteiger partial charge in [0.25, 0.3) is 0 Å². The van der Waals surface area contributed by atoms with Gasteiger partial charge in [-0.2, -0.15) is 0 Å². The molecule has 0 unspecified atom stereocenters. The fourth-order valence-corrected chi connectivity index (χ4v) is 1.69. The van der Waals surface area contributed by atoms with Gasteiger partial charge in [0, 0.05) is 18.7 Å². The summed E-state index contributed by atoms with van der Waals surface area (Å²) in [5, 5.41) is 3.43. The number of nitrogens with one attached hydrogen (secondary N) is 1. The van der Waals surface area contributed by atoms with Crippen LogP contribution in [0.2, 0.25) is 0 Å². The van der Waals surface area contributed by atoms with Crippen LogP contribution in [0.5, 0.6) is 0 Å². The van der Waals surface area contributed by atoms with E-state index in [0.29, 0.717) is 5.92 Å². The van der Waals surface area contributed by atoms with Gasteiger partial charge in [0.15, 0.2) is 0 Å². The summed E-state index contributed by atoms with van der Waals surface area (Å²) < 4.78 is 5.52. The zero-order valence-electron chi connectivity index (χ0n) is 11.2. The second kappa shape index (κ2) is 7.30. The molecule has 1 rings (SSSR count). The lowest BCUT2D eigenvalue weighted by atomic mass is 10.2. The minimum absolute atomic E-state index is 0.675. The SMILES string of the molecule is C=CCN(C)Cc1occc1CNCC(C)C. The average molecular weight is 236 g/mol. The highest BCUT2D eigenvalue weighted by atomic mass is 16.3. The smallest absolute Gasteiger partial charge is 0.122 e.